The monoisotopic (exact) mass is 576 g/mol. The number of aryl methyl sites for hydroxylation is 2. The molecule has 0 amide bonds. The summed E-state index contributed by atoms with van der Waals surface area (Å²) in [5, 5.41) is 4.91. The van der Waals surface area contributed by atoms with Crippen LogP contribution in [-0.4, -0.2) is 39.4 Å². The number of aromatic nitrogens is 4. The van der Waals surface area contributed by atoms with E-state index < -0.39 is 35.1 Å². The third kappa shape index (κ3) is 5.06. The topological polar surface area (TPSA) is 91.3 Å². The predicted octanol–water partition coefficient (Wildman–Crippen LogP) is 6.68. The number of halogens is 3. The lowest BCUT2D eigenvalue weighted by Crippen LogP contribution is -2.12. The van der Waals surface area contributed by atoms with Crippen LogP contribution in [0.1, 0.15) is 42.6 Å². The minimum Gasteiger partial charge on any atom is -0.493 e. The molecule has 0 radical (unpaired) electrons. The quantitative estimate of drug-likeness (QED) is 0.218. The molecule has 1 aliphatic rings. The first-order chi connectivity index (χ1) is 20.3. The van der Waals surface area contributed by atoms with Gasteiger partial charge in [0.1, 0.15) is 17.3 Å². The number of hydrogen-bond donors (Lipinski definition) is 1. The number of H-pyrrole nitrogens is 1. The second-order valence-corrected chi connectivity index (χ2v) is 10.0. The van der Waals surface area contributed by atoms with Crippen molar-refractivity contribution in [2.75, 3.05) is 13.7 Å². The average molecular weight is 577 g/mol. The van der Waals surface area contributed by atoms with Gasteiger partial charge >= 0.3 is 5.97 Å². The van der Waals surface area contributed by atoms with E-state index >= 15 is 8.78 Å². The van der Waals surface area contributed by atoms with Gasteiger partial charge in [-0.05, 0) is 41.8 Å². The van der Waals surface area contributed by atoms with Gasteiger partial charge in [-0.3, -0.25) is 4.79 Å². The van der Waals surface area contributed by atoms with Gasteiger partial charge in [-0.25, -0.2) is 22.8 Å². The fourth-order valence-corrected chi connectivity index (χ4v) is 5.10. The Kier molecular flexibility index (Phi) is 7.32. The minimum absolute atomic E-state index is 0.0658. The first-order valence-corrected chi connectivity index (χ1v) is 13.5. The van der Waals surface area contributed by atoms with Gasteiger partial charge in [-0.1, -0.05) is 25.1 Å². The lowest BCUT2D eigenvalue weighted by Gasteiger charge is -2.17. The van der Waals surface area contributed by atoms with Crippen LogP contribution >= 0.6 is 0 Å². The van der Waals surface area contributed by atoms with Crippen LogP contribution < -0.4 is 9.47 Å². The molecule has 11 heteroatoms. The number of methoxy groups -OCH3 is 1. The Labute approximate surface area is 239 Å². The summed E-state index contributed by atoms with van der Waals surface area (Å²) in [4.78, 5) is 19.1. The fraction of sp³-hybridized carbons (Fsp3) is 0.258. The lowest BCUT2D eigenvalue weighted by molar-refractivity contribution is -0.140. The number of hydrogen-bond acceptors (Lipinski definition) is 6. The van der Waals surface area contributed by atoms with Crippen LogP contribution in [0.25, 0.3) is 22.3 Å². The van der Waals surface area contributed by atoms with Gasteiger partial charge in [0.05, 0.1) is 24.8 Å². The van der Waals surface area contributed by atoms with Crippen LogP contribution in [0.4, 0.5) is 13.2 Å². The molecule has 1 atom stereocenters. The molecule has 0 saturated heterocycles. The molecule has 8 nitrogen and oxygen atoms in total. The fourth-order valence-electron chi connectivity index (χ4n) is 5.10. The summed E-state index contributed by atoms with van der Waals surface area (Å²) in [5.41, 5.74) is 1.65. The standard InChI is InChI=1S/C31H27F3N4O4/c1-17(20-6-3-5-18(27(20)33)7-10-26(39)40-2)30-36-31-22-15-19(8-9-25(22)41-14-4-13-38(31)37-30)42-29-23(32)16-24-21(28(29)34)11-12-35-24/h3,5-6,8-9,11-12,15-17,35H,4,7,10,13-14H2,1-2H3. The number of rotatable bonds is 7. The molecule has 2 aromatic heterocycles. The average Bonchev–Trinajstić information content (AvgIpc) is 3.63. The highest BCUT2D eigenvalue weighted by Gasteiger charge is 2.25. The van der Waals surface area contributed by atoms with E-state index in [1.54, 1.807) is 41.1 Å². The summed E-state index contributed by atoms with van der Waals surface area (Å²) in [5.74, 6) is -1.99. The summed E-state index contributed by atoms with van der Waals surface area (Å²) < 4.78 is 63.4. The van der Waals surface area contributed by atoms with E-state index in [0.717, 1.165) is 0 Å². The number of benzene rings is 3. The van der Waals surface area contributed by atoms with Gasteiger partial charge in [0.2, 0.25) is 0 Å². The van der Waals surface area contributed by atoms with Gasteiger partial charge in [0.25, 0.3) is 0 Å². The Morgan fingerprint density at radius 3 is 2.83 bits per heavy atom. The Hall–Kier alpha value is -4.80. The molecule has 0 aliphatic carbocycles. The number of carbonyl (C=O) groups excluding carboxylic acids is 1. The molecule has 3 heterocycles. The van der Waals surface area contributed by atoms with Crippen molar-refractivity contribution in [2.24, 2.45) is 0 Å². The first-order valence-electron chi connectivity index (χ1n) is 13.5. The van der Waals surface area contributed by atoms with Crippen LogP contribution in [0, 0.1) is 17.5 Å². The van der Waals surface area contributed by atoms with Crippen LogP contribution in [0.3, 0.4) is 0 Å². The van der Waals surface area contributed by atoms with E-state index in [9.17, 15) is 9.18 Å². The maximum Gasteiger partial charge on any atom is 0.305 e. The van der Waals surface area contributed by atoms with E-state index in [-0.39, 0.29) is 24.0 Å². The largest absolute Gasteiger partial charge is 0.493 e. The molecular weight excluding hydrogens is 549 g/mol. The van der Waals surface area contributed by atoms with E-state index in [4.69, 9.17) is 19.6 Å². The number of carbonyl (C=O) groups is 1. The number of fused-ring (bicyclic) bond motifs is 4. The third-order valence-corrected chi connectivity index (χ3v) is 7.36. The Morgan fingerprint density at radius 2 is 2.00 bits per heavy atom. The van der Waals surface area contributed by atoms with Crippen LogP contribution in [0.5, 0.6) is 17.2 Å². The SMILES string of the molecule is COC(=O)CCc1cccc(C(C)c2nc3n(n2)CCCOc2ccc(Oc4c(F)cc5[nH]ccc5c4F)cc2-3)c1F. The summed E-state index contributed by atoms with van der Waals surface area (Å²) in [7, 11) is 1.30. The zero-order chi connectivity index (χ0) is 29.4. The second kappa shape index (κ2) is 11.2. The lowest BCUT2D eigenvalue weighted by atomic mass is 9.96. The number of nitrogens with zero attached hydrogens (tertiary/aromatic N) is 3. The molecule has 42 heavy (non-hydrogen) atoms. The zero-order valence-electron chi connectivity index (χ0n) is 22.9. The van der Waals surface area contributed by atoms with Crippen molar-refractivity contribution in [3.05, 3.63) is 89.1 Å². The Morgan fingerprint density at radius 1 is 1.14 bits per heavy atom. The summed E-state index contributed by atoms with van der Waals surface area (Å²) in [6.07, 6.45) is 2.45. The van der Waals surface area contributed by atoms with Crippen molar-refractivity contribution < 1.29 is 32.2 Å². The number of esters is 1. The minimum atomic E-state index is -0.847. The highest BCUT2D eigenvalue weighted by atomic mass is 19.1. The first kappa shape index (κ1) is 27.4. The number of aromatic amines is 1. The maximum atomic E-state index is 15.5. The summed E-state index contributed by atoms with van der Waals surface area (Å²) in [6, 6.07) is 12.6. The van der Waals surface area contributed by atoms with Crippen molar-refractivity contribution in [1.29, 1.82) is 0 Å². The molecule has 0 spiro atoms. The number of nitrogens with one attached hydrogen (secondary N) is 1. The molecule has 6 rings (SSSR count). The molecular formula is C31H27F3N4O4. The van der Waals surface area contributed by atoms with Crippen LogP contribution in [0.15, 0.2) is 54.7 Å². The molecule has 1 aliphatic heterocycles. The van der Waals surface area contributed by atoms with Gasteiger partial charge in [0, 0.05) is 43.0 Å². The molecule has 216 valence electrons. The summed E-state index contributed by atoms with van der Waals surface area (Å²) >= 11 is 0. The van der Waals surface area contributed by atoms with Gasteiger partial charge in [-0.15, -0.1) is 0 Å². The van der Waals surface area contributed by atoms with E-state index in [2.05, 4.69) is 9.72 Å². The van der Waals surface area contributed by atoms with Crippen molar-refractivity contribution in [1.82, 2.24) is 19.7 Å². The Balaban J connectivity index is 1.34. The zero-order valence-corrected chi connectivity index (χ0v) is 22.9. The van der Waals surface area contributed by atoms with Crippen molar-refractivity contribution in [3.8, 4) is 28.6 Å². The highest BCUT2D eigenvalue weighted by molar-refractivity contribution is 5.82. The smallest absolute Gasteiger partial charge is 0.305 e. The van der Waals surface area contributed by atoms with Gasteiger partial charge in [-0.2, -0.15) is 5.10 Å². The molecule has 0 saturated carbocycles. The van der Waals surface area contributed by atoms with Crippen LogP contribution in [-0.2, 0) is 22.5 Å². The van der Waals surface area contributed by atoms with E-state index in [1.165, 1.54) is 25.4 Å². The molecule has 3 aromatic carbocycles. The van der Waals surface area contributed by atoms with Gasteiger partial charge < -0.3 is 19.2 Å². The maximum absolute atomic E-state index is 15.5. The van der Waals surface area contributed by atoms with Crippen LogP contribution in [0.2, 0.25) is 0 Å². The van der Waals surface area contributed by atoms with Crippen molar-refractivity contribution in [2.45, 2.75) is 38.6 Å². The van der Waals surface area contributed by atoms with Gasteiger partial charge in [0.15, 0.2) is 29.0 Å². The molecule has 5 aromatic rings. The molecule has 1 N–H and O–H groups in total. The predicted molar refractivity (Wildman–Crippen MR) is 148 cm³/mol. The number of ether oxygens (including phenoxy) is 3. The van der Waals surface area contributed by atoms with E-state index in [0.29, 0.717) is 59.2 Å². The third-order valence-electron chi connectivity index (χ3n) is 7.36. The highest BCUT2D eigenvalue weighted by Crippen LogP contribution is 2.39. The normalized spacial score (nSPS) is 13.5. The molecule has 1 unspecified atom stereocenters. The molecule has 0 fully saturated rings. The summed E-state index contributed by atoms with van der Waals surface area (Å²) in [6.45, 7) is 2.72. The molecule has 0 bridgehead atoms. The van der Waals surface area contributed by atoms with E-state index in [1.807, 2.05) is 6.92 Å². The van der Waals surface area contributed by atoms with Crippen molar-refractivity contribution >= 4 is 16.9 Å². The second-order valence-electron chi connectivity index (χ2n) is 10.0. The van der Waals surface area contributed by atoms with Crippen molar-refractivity contribution in [3.63, 3.8) is 0 Å². The Bertz CT molecular complexity index is 1800.